The van der Waals surface area contributed by atoms with Crippen LogP contribution in [-0.2, 0) is 6.54 Å². The summed E-state index contributed by atoms with van der Waals surface area (Å²) in [5, 5.41) is 19.3. The third-order valence-corrected chi connectivity index (χ3v) is 5.30. The predicted molar refractivity (Wildman–Crippen MR) is 123 cm³/mol. The van der Waals surface area contributed by atoms with Crippen LogP contribution in [0, 0.1) is 11.3 Å². The Balaban J connectivity index is 1.76. The van der Waals surface area contributed by atoms with Crippen LogP contribution in [0.15, 0.2) is 66.7 Å². The molecule has 0 aliphatic heterocycles. The zero-order chi connectivity index (χ0) is 22.7. The molecule has 0 aliphatic carbocycles. The Labute approximate surface area is 186 Å². The number of fused-ring (bicyclic) bond motifs is 1. The summed E-state index contributed by atoms with van der Waals surface area (Å²) in [4.78, 5) is 17.2. The third kappa shape index (κ3) is 3.98. The fourth-order valence-electron chi connectivity index (χ4n) is 3.78. The highest BCUT2D eigenvalue weighted by molar-refractivity contribution is 6.08. The summed E-state index contributed by atoms with van der Waals surface area (Å²) >= 11 is 0. The average Bonchev–Trinajstić information content (AvgIpc) is 3.16. The second kappa shape index (κ2) is 9.04. The molecule has 4 aromatic rings. The molecule has 0 bridgehead atoms. The Kier molecular flexibility index (Phi) is 6.02. The minimum absolute atomic E-state index is 0.358. The van der Waals surface area contributed by atoms with E-state index in [-0.39, 0.29) is 5.78 Å². The fraction of sp³-hybridized carbons (Fsp3) is 0.192. The average molecular weight is 425 g/mol. The maximum atomic E-state index is 12.6. The molecule has 1 N–H and O–H groups in total. The van der Waals surface area contributed by atoms with Crippen molar-refractivity contribution in [3.05, 3.63) is 83.4 Å². The van der Waals surface area contributed by atoms with E-state index >= 15 is 0 Å². The number of imidazole rings is 1. The van der Waals surface area contributed by atoms with Crippen molar-refractivity contribution in [2.75, 3.05) is 6.61 Å². The Morgan fingerprint density at radius 1 is 1.12 bits per heavy atom. The van der Waals surface area contributed by atoms with Gasteiger partial charge in [0.1, 0.15) is 6.10 Å². The van der Waals surface area contributed by atoms with Crippen molar-refractivity contribution in [3.8, 4) is 23.2 Å². The van der Waals surface area contributed by atoms with Gasteiger partial charge < -0.3 is 9.84 Å². The molecule has 0 aliphatic rings. The Morgan fingerprint density at radius 2 is 1.88 bits per heavy atom. The molecular formula is C26H23N3O3. The van der Waals surface area contributed by atoms with Gasteiger partial charge in [-0.15, -0.1) is 0 Å². The Morgan fingerprint density at radius 3 is 2.56 bits per heavy atom. The van der Waals surface area contributed by atoms with E-state index in [1.54, 1.807) is 18.2 Å². The minimum Gasteiger partial charge on any atom is -0.465 e. The number of hydrogen-bond donors (Lipinski definition) is 1. The normalized spacial score (nSPS) is 11.8. The van der Waals surface area contributed by atoms with Crippen molar-refractivity contribution in [2.45, 2.75) is 26.5 Å². The van der Waals surface area contributed by atoms with Crippen molar-refractivity contribution < 1.29 is 14.6 Å². The monoisotopic (exact) mass is 425 g/mol. The first-order chi connectivity index (χ1) is 15.5. The molecule has 0 saturated carbocycles. The van der Waals surface area contributed by atoms with Gasteiger partial charge in [-0.25, -0.2) is 0 Å². The van der Waals surface area contributed by atoms with E-state index in [1.165, 1.54) is 6.92 Å². The molecule has 1 aromatic heterocycles. The van der Waals surface area contributed by atoms with Crippen molar-refractivity contribution in [3.63, 3.8) is 0 Å². The van der Waals surface area contributed by atoms with E-state index in [9.17, 15) is 15.2 Å². The quantitative estimate of drug-likeness (QED) is 0.438. The van der Waals surface area contributed by atoms with Gasteiger partial charge in [0.15, 0.2) is 5.78 Å². The van der Waals surface area contributed by atoms with Gasteiger partial charge in [-0.2, -0.15) is 10.2 Å². The lowest BCUT2D eigenvalue weighted by molar-refractivity contribution is 0.0781. The summed E-state index contributed by atoms with van der Waals surface area (Å²) in [6.07, 6.45) is -1.11. The number of ketones is 1. The van der Waals surface area contributed by atoms with Crippen LogP contribution in [0.3, 0.4) is 0 Å². The molecule has 6 nitrogen and oxygen atoms in total. The van der Waals surface area contributed by atoms with E-state index in [2.05, 4.69) is 11.1 Å². The molecule has 1 heterocycles. The van der Waals surface area contributed by atoms with Crippen LogP contribution in [0.1, 0.15) is 35.3 Å². The standard InChI is InChI=1S/C26H23N3O3/c1-3-32-26-28-23-10-6-9-22(25(31)17(2)30)24(23)29(26)16-18-11-13-19(14-12-18)21-8-5-4-7-20(21)15-27/h4-14,17,30H,3,16H2,1-2H3. The minimum atomic E-state index is -1.11. The number of nitriles is 1. The molecule has 0 spiro atoms. The van der Waals surface area contributed by atoms with E-state index in [0.717, 1.165) is 16.7 Å². The molecule has 6 heteroatoms. The number of ether oxygens (including phenoxy) is 1. The van der Waals surface area contributed by atoms with Crippen molar-refractivity contribution in [1.82, 2.24) is 9.55 Å². The topological polar surface area (TPSA) is 88.1 Å². The predicted octanol–water partition coefficient (Wildman–Crippen LogP) is 4.59. The molecule has 0 radical (unpaired) electrons. The van der Waals surface area contributed by atoms with Crippen molar-refractivity contribution in [1.29, 1.82) is 5.26 Å². The fourth-order valence-corrected chi connectivity index (χ4v) is 3.78. The van der Waals surface area contributed by atoms with E-state index in [4.69, 9.17) is 4.74 Å². The lowest BCUT2D eigenvalue weighted by Gasteiger charge is -2.13. The van der Waals surface area contributed by atoms with E-state index < -0.39 is 6.10 Å². The number of aromatic nitrogens is 2. The maximum absolute atomic E-state index is 12.6. The van der Waals surface area contributed by atoms with Crippen LogP contribution in [0.5, 0.6) is 6.01 Å². The second-order valence-electron chi connectivity index (χ2n) is 7.48. The van der Waals surface area contributed by atoms with Gasteiger partial charge in [-0.05, 0) is 48.7 Å². The van der Waals surface area contributed by atoms with Crippen LogP contribution < -0.4 is 4.74 Å². The molecular weight excluding hydrogens is 402 g/mol. The number of aliphatic hydroxyl groups excluding tert-OH is 1. The van der Waals surface area contributed by atoms with Crippen molar-refractivity contribution >= 4 is 16.8 Å². The molecule has 0 amide bonds. The highest BCUT2D eigenvalue weighted by Gasteiger charge is 2.21. The number of benzene rings is 3. The maximum Gasteiger partial charge on any atom is 0.297 e. The Hall–Kier alpha value is -3.95. The highest BCUT2D eigenvalue weighted by Crippen LogP contribution is 2.28. The van der Waals surface area contributed by atoms with Gasteiger partial charge in [-0.3, -0.25) is 9.36 Å². The van der Waals surface area contributed by atoms with Crippen LogP contribution in [0.4, 0.5) is 0 Å². The third-order valence-electron chi connectivity index (χ3n) is 5.30. The van der Waals surface area contributed by atoms with Gasteiger partial charge in [0.05, 0.1) is 35.8 Å². The first-order valence-corrected chi connectivity index (χ1v) is 10.5. The lowest BCUT2D eigenvalue weighted by atomic mass is 9.99. The summed E-state index contributed by atoms with van der Waals surface area (Å²) in [5.74, 6) is -0.358. The smallest absolute Gasteiger partial charge is 0.297 e. The summed E-state index contributed by atoms with van der Waals surface area (Å²) in [5.41, 5.74) is 5.14. The van der Waals surface area contributed by atoms with Gasteiger partial charge in [0, 0.05) is 5.56 Å². The molecule has 1 unspecified atom stereocenters. The van der Waals surface area contributed by atoms with Crippen molar-refractivity contribution in [2.24, 2.45) is 0 Å². The van der Waals surface area contributed by atoms with Gasteiger partial charge in [-0.1, -0.05) is 48.5 Å². The largest absolute Gasteiger partial charge is 0.465 e. The number of Topliss-reactive ketones (excluding diaryl/α,β-unsaturated/α-hetero) is 1. The van der Waals surface area contributed by atoms with Crippen LogP contribution in [-0.4, -0.2) is 33.2 Å². The number of carbonyl (C=O) groups excluding carboxylic acids is 1. The SMILES string of the molecule is CCOc1nc2cccc(C(=O)C(C)O)c2n1Cc1ccc(-c2ccccc2C#N)cc1. The summed E-state index contributed by atoms with van der Waals surface area (Å²) in [7, 11) is 0. The van der Waals surface area contributed by atoms with Crippen LogP contribution >= 0.6 is 0 Å². The zero-order valence-electron chi connectivity index (χ0n) is 17.9. The molecule has 3 aromatic carbocycles. The van der Waals surface area contributed by atoms with E-state index in [1.807, 2.05) is 60.0 Å². The molecule has 1 atom stereocenters. The molecule has 160 valence electrons. The Bertz CT molecular complexity index is 1310. The molecule has 0 fully saturated rings. The summed E-state index contributed by atoms with van der Waals surface area (Å²) in [6.45, 7) is 4.22. The highest BCUT2D eigenvalue weighted by atomic mass is 16.5. The zero-order valence-corrected chi connectivity index (χ0v) is 17.9. The van der Waals surface area contributed by atoms with Gasteiger partial charge >= 0.3 is 0 Å². The van der Waals surface area contributed by atoms with Gasteiger partial charge in [0.25, 0.3) is 6.01 Å². The summed E-state index contributed by atoms with van der Waals surface area (Å²) in [6, 6.07) is 23.4. The lowest BCUT2D eigenvalue weighted by Crippen LogP contribution is -2.17. The van der Waals surface area contributed by atoms with Crippen LogP contribution in [0.2, 0.25) is 0 Å². The number of nitrogens with zero attached hydrogens (tertiary/aromatic N) is 3. The first kappa shape index (κ1) is 21.3. The number of para-hydroxylation sites is 1. The number of rotatable bonds is 7. The number of hydrogen-bond acceptors (Lipinski definition) is 5. The number of aliphatic hydroxyl groups is 1. The number of carbonyl (C=O) groups is 1. The molecule has 4 rings (SSSR count). The van der Waals surface area contributed by atoms with Crippen LogP contribution in [0.25, 0.3) is 22.2 Å². The second-order valence-corrected chi connectivity index (χ2v) is 7.48. The summed E-state index contributed by atoms with van der Waals surface area (Å²) < 4.78 is 7.62. The van der Waals surface area contributed by atoms with Gasteiger partial charge in [0.2, 0.25) is 0 Å². The first-order valence-electron chi connectivity index (χ1n) is 10.5. The molecule has 32 heavy (non-hydrogen) atoms. The van der Waals surface area contributed by atoms with E-state index in [0.29, 0.717) is 41.3 Å². The molecule has 0 saturated heterocycles.